The third-order valence-corrected chi connectivity index (χ3v) is 1.80. The summed E-state index contributed by atoms with van der Waals surface area (Å²) in [7, 11) is 0. The molecule has 0 radical (unpaired) electrons. The van der Waals surface area contributed by atoms with Crippen molar-refractivity contribution in [2.75, 3.05) is 6.54 Å². The fraction of sp³-hybridized carbons (Fsp3) is 0.0833. The maximum absolute atomic E-state index is 10.4. The van der Waals surface area contributed by atoms with Gasteiger partial charge in [0.25, 0.3) is 0 Å². The molecule has 0 aliphatic heterocycles. The van der Waals surface area contributed by atoms with Gasteiger partial charge in [-0.05, 0) is 23.2 Å². The molecule has 0 aromatic heterocycles. The van der Waals surface area contributed by atoms with Crippen LogP contribution in [0.4, 0.5) is 0 Å². The van der Waals surface area contributed by atoms with Crippen LogP contribution in [-0.2, 0) is 4.79 Å². The van der Waals surface area contributed by atoms with Crippen molar-refractivity contribution in [2.24, 2.45) is 5.11 Å². The SMILES string of the molecule is [N-]=[N+]=NCC#Cc1ccccc1/C=C/C(=O)O. The van der Waals surface area contributed by atoms with Crippen molar-refractivity contribution in [3.05, 3.63) is 51.9 Å². The first-order chi connectivity index (χ1) is 8.24. The van der Waals surface area contributed by atoms with Gasteiger partial charge in [-0.25, -0.2) is 4.79 Å². The second-order valence-corrected chi connectivity index (χ2v) is 2.95. The average Bonchev–Trinajstić information content (AvgIpc) is 2.33. The number of carboxylic acid groups (broad SMARTS) is 1. The Morgan fingerprint density at radius 2 is 2.29 bits per heavy atom. The van der Waals surface area contributed by atoms with Crippen LogP contribution in [0.25, 0.3) is 16.5 Å². The number of benzene rings is 1. The van der Waals surface area contributed by atoms with E-state index in [4.69, 9.17) is 10.6 Å². The van der Waals surface area contributed by atoms with E-state index >= 15 is 0 Å². The van der Waals surface area contributed by atoms with Crippen molar-refractivity contribution in [3.8, 4) is 11.8 Å². The molecule has 1 N–H and O–H groups in total. The lowest BCUT2D eigenvalue weighted by molar-refractivity contribution is -0.131. The van der Waals surface area contributed by atoms with E-state index in [9.17, 15) is 4.79 Å². The number of rotatable bonds is 3. The number of carbonyl (C=O) groups is 1. The van der Waals surface area contributed by atoms with Crippen molar-refractivity contribution in [1.29, 1.82) is 0 Å². The fourth-order valence-corrected chi connectivity index (χ4v) is 1.12. The number of carboxylic acids is 1. The zero-order valence-corrected chi connectivity index (χ0v) is 8.87. The van der Waals surface area contributed by atoms with Crippen LogP contribution in [0.15, 0.2) is 35.5 Å². The Balaban J connectivity index is 2.94. The highest BCUT2D eigenvalue weighted by atomic mass is 16.4. The monoisotopic (exact) mass is 227 g/mol. The van der Waals surface area contributed by atoms with E-state index in [0.29, 0.717) is 11.1 Å². The Morgan fingerprint density at radius 3 is 3.00 bits per heavy atom. The first-order valence-corrected chi connectivity index (χ1v) is 4.74. The molecule has 17 heavy (non-hydrogen) atoms. The summed E-state index contributed by atoms with van der Waals surface area (Å²) in [6, 6.07) is 7.12. The molecule has 0 atom stereocenters. The standard InChI is InChI=1S/C12H9N3O2/c13-15-14-9-3-6-10-4-1-2-5-11(10)7-8-12(16)17/h1-2,4-5,7-8H,9H2,(H,16,17)/b8-7+. The maximum Gasteiger partial charge on any atom is 0.328 e. The van der Waals surface area contributed by atoms with E-state index in [-0.39, 0.29) is 6.54 Å². The smallest absolute Gasteiger partial charge is 0.328 e. The zero-order chi connectivity index (χ0) is 12.5. The van der Waals surface area contributed by atoms with E-state index in [1.54, 1.807) is 24.3 Å². The summed E-state index contributed by atoms with van der Waals surface area (Å²) in [5.41, 5.74) is 9.48. The maximum atomic E-state index is 10.4. The van der Waals surface area contributed by atoms with E-state index < -0.39 is 5.97 Å². The van der Waals surface area contributed by atoms with Gasteiger partial charge in [-0.2, -0.15) is 0 Å². The molecule has 0 saturated carbocycles. The first kappa shape index (κ1) is 12.4. The van der Waals surface area contributed by atoms with Gasteiger partial charge in [0, 0.05) is 16.6 Å². The number of aliphatic carboxylic acids is 1. The molecule has 0 fully saturated rings. The molecule has 84 valence electrons. The van der Waals surface area contributed by atoms with E-state index in [2.05, 4.69) is 21.9 Å². The normalized spacial score (nSPS) is 9.18. The van der Waals surface area contributed by atoms with Crippen molar-refractivity contribution >= 4 is 12.0 Å². The van der Waals surface area contributed by atoms with Crippen molar-refractivity contribution in [3.63, 3.8) is 0 Å². The highest BCUT2D eigenvalue weighted by molar-refractivity contribution is 5.85. The molecule has 0 spiro atoms. The molecule has 1 rings (SSSR count). The summed E-state index contributed by atoms with van der Waals surface area (Å²) >= 11 is 0. The third-order valence-electron chi connectivity index (χ3n) is 1.80. The van der Waals surface area contributed by atoms with Gasteiger partial charge in [-0.3, -0.25) is 0 Å². The summed E-state index contributed by atoms with van der Waals surface area (Å²) in [5, 5.41) is 11.8. The van der Waals surface area contributed by atoms with E-state index in [1.807, 2.05) is 0 Å². The Kier molecular flexibility index (Phi) is 4.89. The summed E-state index contributed by atoms with van der Waals surface area (Å²) in [5.74, 6) is 4.48. The van der Waals surface area contributed by atoms with Crippen LogP contribution in [0.2, 0.25) is 0 Å². The summed E-state index contributed by atoms with van der Waals surface area (Å²) in [6.45, 7) is 0.0908. The van der Waals surface area contributed by atoms with E-state index in [1.165, 1.54) is 6.08 Å². The second kappa shape index (κ2) is 6.72. The number of nitrogens with zero attached hydrogens (tertiary/aromatic N) is 3. The van der Waals surface area contributed by atoms with E-state index in [0.717, 1.165) is 6.08 Å². The largest absolute Gasteiger partial charge is 0.478 e. The van der Waals surface area contributed by atoms with Crippen LogP contribution in [0, 0.1) is 11.8 Å². The first-order valence-electron chi connectivity index (χ1n) is 4.74. The van der Waals surface area contributed by atoms with Crippen molar-refractivity contribution in [2.45, 2.75) is 0 Å². The molecule has 0 aliphatic carbocycles. The molecule has 0 amide bonds. The predicted octanol–water partition coefficient (Wildman–Crippen LogP) is 2.45. The Morgan fingerprint density at radius 1 is 1.53 bits per heavy atom. The van der Waals surface area contributed by atoms with Crippen LogP contribution in [0.3, 0.4) is 0 Å². The van der Waals surface area contributed by atoms with Crippen LogP contribution in [-0.4, -0.2) is 17.6 Å². The summed E-state index contributed by atoms with van der Waals surface area (Å²) < 4.78 is 0. The minimum Gasteiger partial charge on any atom is -0.478 e. The Bertz CT molecular complexity index is 546. The van der Waals surface area contributed by atoms with Gasteiger partial charge in [-0.1, -0.05) is 35.2 Å². The quantitative estimate of drug-likeness (QED) is 0.282. The molecule has 1 aromatic rings. The molecule has 5 nitrogen and oxygen atoms in total. The van der Waals surface area contributed by atoms with Gasteiger partial charge in [-0.15, -0.1) is 0 Å². The van der Waals surface area contributed by atoms with Crippen molar-refractivity contribution in [1.82, 2.24) is 0 Å². The lowest BCUT2D eigenvalue weighted by atomic mass is 10.1. The zero-order valence-electron chi connectivity index (χ0n) is 8.87. The minimum atomic E-state index is -1.01. The lowest BCUT2D eigenvalue weighted by Crippen LogP contribution is -1.87. The van der Waals surface area contributed by atoms with Gasteiger partial charge in [0.05, 0.1) is 6.54 Å². The van der Waals surface area contributed by atoms with Crippen LogP contribution < -0.4 is 0 Å². The molecule has 0 saturated heterocycles. The molecule has 0 heterocycles. The van der Waals surface area contributed by atoms with Crippen LogP contribution >= 0.6 is 0 Å². The minimum absolute atomic E-state index is 0.0908. The van der Waals surface area contributed by atoms with Gasteiger partial charge >= 0.3 is 5.97 Å². The number of hydrogen-bond acceptors (Lipinski definition) is 2. The second-order valence-electron chi connectivity index (χ2n) is 2.95. The number of azide groups is 1. The Hall–Kier alpha value is -2.70. The summed E-state index contributed by atoms with van der Waals surface area (Å²) in [4.78, 5) is 13.0. The fourth-order valence-electron chi connectivity index (χ4n) is 1.12. The molecule has 5 heteroatoms. The summed E-state index contributed by atoms with van der Waals surface area (Å²) in [6.07, 6.45) is 2.52. The number of hydrogen-bond donors (Lipinski definition) is 1. The predicted molar refractivity (Wildman–Crippen MR) is 64.0 cm³/mol. The van der Waals surface area contributed by atoms with Crippen LogP contribution in [0.5, 0.6) is 0 Å². The molecular formula is C12H9N3O2. The highest BCUT2D eigenvalue weighted by Crippen LogP contribution is 2.09. The third kappa shape index (κ3) is 4.56. The molecule has 1 aromatic carbocycles. The van der Waals surface area contributed by atoms with Gasteiger partial charge in [0.15, 0.2) is 0 Å². The van der Waals surface area contributed by atoms with Gasteiger partial charge in [0.1, 0.15) is 0 Å². The van der Waals surface area contributed by atoms with Crippen molar-refractivity contribution < 1.29 is 9.90 Å². The lowest BCUT2D eigenvalue weighted by Gasteiger charge is -1.96. The molecular weight excluding hydrogens is 218 g/mol. The average molecular weight is 227 g/mol. The highest BCUT2D eigenvalue weighted by Gasteiger charge is 1.95. The van der Waals surface area contributed by atoms with Crippen LogP contribution in [0.1, 0.15) is 11.1 Å². The molecule has 0 aliphatic rings. The molecule has 0 bridgehead atoms. The van der Waals surface area contributed by atoms with Gasteiger partial charge in [0.2, 0.25) is 0 Å². The topological polar surface area (TPSA) is 86.1 Å². The molecule has 0 unspecified atom stereocenters. The van der Waals surface area contributed by atoms with Gasteiger partial charge < -0.3 is 5.11 Å². The Labute approximate surface area is 98.0 Å².